The van der Waals surface area contributed by atoms with Crippen molar-refractivity contribution in [2.24, 2.45) is 0 Å². The van der Waals surface area contributed by atoms with E-state index < -0.39 is 7.38 Å². The van der Waals surface area contributed by atoms with Crippen molar-refractivity contribution in [1.29, 1.82) is 0 Å². The number of unbranched alkanes of at least 4 members (excludes halogenated alkanes) is 11. The Morgan fingerprint density at radius 3 is 1.09 bits per heavy atom. The zero-order valence-corrected chi connectivity index (χ0v) is 33.8. The fraction of sp³-hybridized carbons (Fsp3) is 0.487. The van der Waals surface area contributed by atoms with Crippen molar-refractivity contribution >= 4 is 75.1 Å². The van der Waals surface area contributed by atoms with Gasteiger partial charge < -0.3 is 0 Å². The molecule has 0 nitrogen and oxygen atoms in total. The molecule has 0 aromatic carbocycles. The number of thiophene rings is 5. The maximum atomic E-state index is 6.43. The molecule has 5 aromatic rings. The van der Waals surface area contributed by atoms with Crippen LogP contribution in [-0.2, 0) is 12.8 Å². The van der Waals surface area contributed by atoms with E-state index in [1.165, 1.54) is 151 Å². The molecule has 5 heterocycles. The molecular weight excluding hydrogens is 692 g/mol. The van der Waals surface area contributed by atoms with Crippen molar-refractivity contribution in [2.45, 2.75) is 122 Å². The highest BCUT2D eigenvalue weighted by Crippen LogP contribution is 2.44. The first kappa shape index (κ1) is 36.3. The second-order valence-corrected chi connectivity index (χ2v) is 25.8. The summed E-state index contributed by atoms with van der Waals surface area (Å²) in [4.78, 5) is 14.2. The predicted molar refractivity (Wildman–Crippen MR) is 219 cm³/mol. The molecule has 0 aliphatic heterocycles. The average molecular weight is 744 g/mol. The molecule has 0 fully saturated rings. The van der Waals surface area contributed by atoms with Crippen LogP contribution in [-0.4, -0.2) is 7.38 Å². The Morgan fingerprint density at radius 1 is 0.413 bits per heavy atom. The largest absolute Gasteiger partial charge is 0.168 e. The highest BCUT2D eigenvalue weighted by molar-refractivity contribution is 7.29. The predicted octanol–water partition coefficient (Wildman–Crippen LogP) is 16.3. The molecule has 0 N–H and O–H groups in total. The first-order valence-electron chi connectivity index (χ1n) is 17.6. The third kappa shape index (κ3) is 11.6. The van der Waals surface area contributed by atoms with Crippen LogP contribution in [0.1, 0.15) is 100 Å². The molecule has 0 aliphatic carbocycles. The Morgan fingerprint density at radius 2 is 0.717 bits per heavy atom. The number of halogens is 1. The number of aryl methyl sites for hydroxylation is 2. The van der Waals surface area contributed by atoms with E-state index in [4.69, 9.17) is 11.1 Å². The van der Waals surface area contributed by atoms with Gasteiger partial charge in [-0.3, -0.25) is 0 Å². The lowest BCUT2D eigenvalue weighted by Gasteiger charge is -2.11. The van der Waals surface area contributed by atoms with Crippen molar-refractivity contribution in [3.05, 3.63) is 70.4 Å². The molecule has 46 heavy (non-hydrogen) atoms. The molecule has 5 aromatic heterocycles. The fourth-order valence-corrected chi connectivity index (χ4v) is 12.9. The minimum atomic E-state index is -1.35. The molecule has 0 spiro atoms. The second kappa shape index (κ2) is 18.7. The quantitative estimate of drug-likeness (QED) is 0.0399. The van der Waals surface area contributed by atoms with E-state index in [-0.39, 0.29) is 0 Å². The van der Waals surface area contributed by atoms with Gasteiger partial charge in [0.1, 0.15) is 7.38 Å². The van der Waals surface area contributed by atoms with Crippen LogP contribution in [0.25, 0.3) is 39.0 Å². The van der Waals surface area contributed by atoms with Gasteiger partial charge in [-0.2, -0.15) is 11.1 Å². The zero-order valence-electron chi connectivity index (χ0n) is 28.0. The molecular formula is C39H51ClS5Si. The summed E-state index contributed by atoms with van der Waals surface area (Å²) < 4.78 is 0. The summed E-state index contributed by atoms with van der Waals surface area (Å²) in [6.07, 6.45) is 20.1. The minimum Gasteiger partial charge on any atom is -0.168 e. The molecule has 7 heteroatoms. The summed E-state index contributed by atoms with van der Waals surface area (Å²) in [5.74, 6) is 0. The summed E-state index contributed by atoms with van der Waals surface area (Å²) in [7, 11) is -1.35. The van der Waals surface area contributed by atoms with Gasteiger partial charge in [0.25, 0.3) is 0 Å². The molecule has 0 radical (unpaired) electrons. The van der Waals surface area contributed by atoms with Crippen LogP contribution < -0.4 is 0 Å². The Labute approximate surface area is 304 Å². The lowest BCUT2D eigenvalue weighted by Crippen LogP contribution is -2.14. The van der Waals surface area contributed by atoms with E-state index in [1.807, 2.05) is 56.7 Å². The van der Waals surface area contributed by atoms with Gasteiger partial charge in [0.15, 0.2) is 0 Å². The maximum absolute atomic E-state index is 6.43. The molecule has 0 atom stereocenters. The smallest absolute Gasteiger partial charge is 0.150 e. The molecule has 0 saturated carbocycles. The van der Waals surface area contributed by atoms with Crippen LogP contribution in [0.5, 0.6) is 0 Å². The standard InChI is InChI=1S/C39H51ClS5Si/c1-4-5-6-14-17-30-19-21-32(41-30)34-23-25-36(43-34)38-27-28-39(45-38)37-26-24-35(44-37)33-22-20-31(42-33)18-15-12-10-8-7-9-11-13-16-29-46(2,3)40/h19-28H,4-18,29H2,1-3H3. The Kier molecular flexibility index (Phi) is 14.7. The van der Waals surface area contributed by atoms with Crippen LogP contribution in [0.2, 0.25) is 19.1 Å². The van der Waals surface area contributed by atoms with E-state index in [2.05, 4.69) is 80.7 Å². The third-order valence-electron chi connectivity index (χ3n) is 8.58. The van der Waals surface area contributed by atoms with E-state index in [9.17, 15) is 0 Å². The van der Waals surface area contributed by atoms with Crippen molar-refractivity contribution in [3.63, 3.8) is 0 Å². The summed E-state index contributed by atoms with van der Waals surface area (Å²) in [6, 6.07) is 24.6. The van der Waals surface area contributed by atoms with Gasteiger partial charge in [-0.1, -0.05) is 90.6 Å². The monoisotopic (exact) mass is 742 g/mol. The van der Waals surface area contributed by atoms with E-state index in [0.29, 0.717) is 0 Å². The van der Waals surface area contributed by atoms with E-state index in [1.54, 1.807) is 0 Å². The number of rotatable bonds is 21. The fourth-order valence-electron chi connectivity index (χ4n) is 5.91. The highest BCUT2D eigenvalue weighted by Gasteiger charge is 2.15. The van der Waals surface area contributed by atoms with Crippen molar-refractivity contribution in [2.75, 3.05) is 0 Å². The second-order valence-electron chi connectivity index (χ2n) is 13.2. The van der Waals surface area contributed by atoms with Gasteiger partial charge >= 0.3 is 0 Å². The number of hydrogen-bond acceptors (Lipinski definition) is 5. The van der Waals surface area contributed by atoms with Gasteiger partial charge in [0, 0.05) is 48.8 Å². The summed E-state index contributed by atoms with van der Waals surface area (Å²) in [5, 5.41) is 0. The molecule has 0 unspecified atom stereocenters. The van der Waals surface area contributed by atoms with Crippen molar-refractivity contribution in [3.8, 4) is 39.0 Å². The third-order valence-corrected chi connectivity index (χ3v) is 17.0. The SMILES string of the molecule is CCCCCCc1ccc(-c2ccc(-c3ccc(-c4ccc(-c5ccc(CCCCCCCCCCC[Si](C)(C)Cl)s5)s4)s3)s2)s1. The Bertz CT molecular complexity index is 1570. The van der Waals surface area contributed by atoms with Gasteiger partial charge in [0.05, 0.1) is 0 Å². The van der Waals surface area contributed by atoms with Gasteiger partial charge in [-0.15, -0.1) is 56.7 Å². The van der Waals surface area contributed by atoms with E-state index in [0.717, 1.165) is 0 Å². The summed E-state index contributed by atoms with van der Waals surface area (Å²) in [6.45, 7) is 6.81. The molecule has 5 rings (SSSR count). The molecule has 0 amide bonds. The minimum absolute atomic E-state index is 1.23. The first-order valence-corrected chi connectivity index (χ1v) is 25.9. The Balaban J connectivity index is 1.04. The van der Waals surface area contributed by atoms with E-state index >= 15 is 0 Å². The van der Waals surface area contributed by atoms with Gasteiger partial charge in [0.2, 0.25) is 0 Å². The lowest BCUT2D eigenvalue weighted by molar-refractivity contribution is 0.565. The molecule has 0 aliphatic rings. The molecule has 0 bridgehead atoms. The molecule has 248 valence electrons. The average Bonchev–Trinajstić information content (AvgIpc) is 3.87. The zero-order chi connectivity index (χ0) is 32.2. The first-order chi connectivity index (χ1) is 22.4. The summed E-state index contributed by atoms with van der Waals surface area (Å²) >= 11 is 16.2. The number of hydrogen-bond donors (Lipinski definition) is 0. The Hall–Kier alpha value is -0.993. The van der Waals surface area contributed by atoms with Crippen LogP contribution in [0.4, 0.5) is 0 Å². The highest BCUT2D eigenvalue weighted by atomic mass is 35.6. The van der Waals surface area contributed by atoms with Crippen molar-refractivity contribution < 1.29 is 0 Å². The summed E-state index contributed by atoms with van der Waals surface area (Å²) in [5.41, 5.74) is 0. The van der Waals surface area contributed by atoms with Crippen LogP contribution in [0.3, 0.4) is 0 Å². The van der Waals surface area contributed by atoms with Crippen LogP contribution in [0.15, 0.2) is 60.7 Å². The topological polar surface area (TPSA) is 0 Å². The molecule has 0 saturated heterocycles. The van der Waals surface area contributed by atoms with Crippen LogP contribution >= 0.6 is 67.8 Å². The van der Waals surface area contributed by atoms with Crippen LogP contribution in [0, 0.1) is 0 Å². The van der Waals surface area contributed by atoms with Gasteiger partial charge in [-0.05, 0) is 92.4 Å². The lowest BCUT2D eigenvalue weighted by atomic mass is 10.1. The normalized spacial score (nSPS) is 12.0. The van der Waals surface area contributed by atoms with Crippen molar-refractivity contribution in [1.82, 2.24) is 0 Å². The maximum Gasteiger partial charge on any atom is 0.150 e. The van der Waals surface area contributed by atoms with Gasteiger partial charge in [-0.25, -0.2) is 0 Å².